The van der Waals surface area contributed by atoms with E-state index in [-0.39, 0.29) is 17.5 Å². The van der Waals surface area contributed by atoms with E-state index in [9.17, 15) is 9.18 Å². The van der Waals surface area contributed by atoms with E-state index < -0.39 is 6.10 Å². The van der Waals surface area contributed by atoms with Gasteiger partial charge in [0.25, 0.3) is 5.91 Å². The summed E-state index contributed by atoms with van der Waals surface area (Å²) in [5.74, 6) is 0.763. The highest BCUT2D eigenvalue weighted by Gasteiger charge is 2.33. The average molecular weight is 528 g/mol. The quantitative estimate of drug-likeness (QED) is 0.424. The number of hydrogen-bond acceptors (Lipinski definition) is 6. The summed E-state index contributed by atoms with van der Waals surface area (Å²) < 4.78 is 24.6. The fraction of sp³-hybridized carbons (Fsp3) is 0.379. The maximum atomic E-state index is 14.5. The lowest BCUT2D eigenvalue weighted by Gasteiger charge is -2.30. The van der Waals surface area contributed by atoms with Gasteiger partial charge in [0.15, 0.2) is 17.3 Å². The van der Waals surface area contributed by atoms with Crippen molar-refractivity contribution >= 4 is 11.7 Å². The summed E-state index contributed by atoms with van der Waals surface area (Å²) in [4.78, 5) is 20.0. The van der Waals surface area contributed by atoms with Crippen molar-refractivity contribution in [3.63, 3.8) is 0 Å². The van der Waals surface area contributed by atoms with Gasteiger partial charge in [0.2, 0.25) is 0 Å². The maximum Gasteiger partial charge on any atom is 0.274 e. The molecule has 2 N–H and O–H groups in total. The molecule has 39 heavy (non-hydrogen) atoms. The molecule has 1 amide bonds. The number of amides is 1. The minimum Gasteiger partial charge on any atom is -0.482 e. The zero-order chi connectivity index (χ0) is 26.8. The fourth-order valence-electron chi connectivity index (χ4n) is 5.61. The van der Waals surface area contributed by atoms with Gasteiger partial charge in [-0.15, -0.1) is 0 Å². The number of carbonyl (C=O) groups is 1. The molecule has 1 saturated carbocycles. The van der Waals surface area contributed by atoms with Gasteiger partial charge in [0.05, 0.1) is 11.4 Å². The van der Waals surface area contributed by atoms with E-state index >= 15 is 0 Å². The standard InChI is InChI=1S/C29H30FN7O2/c1-16-22-12-20(30)6-7-21(22)25-19(15-35(2)33-25)10-23-26(29(38)36-8-3-9-36)34-37(14-17-4-5-17)27(23)18-11-24(39-16)28(31)32-13-18/h6-7,11-13,15-17H,3-5,8-10,14H2,1-2H3,(H2,31,32)/t16-/m1/s1. The zero-order valence-corrected chi connectivity index (χ0v) is 22.0. The summed E-state index contributed by atoms with van der Waals surface area (Å²) >= 11 is 0. The van der Waals surface area contributed by atoms with Gasteiger partial charge < -0.3 is 15.4 Å². The highest BCUT2D eigenvalue weighted by Crippen LogP contribution is 2.41. The molecule has 1 saturated heterocycles. The van der Waals surface area contributed by atoms with Gasteiger partial charge in [-0.3, -0.25) is 14.2 Å². The zero-order valence-electron chi connectivity index (χ0n) is 22.0. The highest BCUT2D eigenvalue weighted by molar-refractivity contribution is 5.96. The number of nitrogens with zero attached hydrogens (tertiary/aromatic N) is 6. The Morgan fingerprint density at radius 2 is 2.03 bits per heavy atom. The summed E-state index contributed by atoms with van der Waals surface area (Å²) in [6, 6.07) is 6.52. The number of fused-ring (bicyclic) bond motifs is 7. The van der Waals surface area contributed by atoms with E-state index in [1.54, 1.807) is 16.9 Å². The van der Waals surface area contributed by atoms with Crippen LogP contribution in [0.2, 0.25) is 0 Å². The number of rotatable bonds is 3. The molecule has 4 aromatic rings. The molecule has 1 aliphatic carbocycles. The van der Waals surface area contributed by atoms with Crippen LogP contribution in [0, 0.1) is 11.7 Å². The number of nitrogens with two attached hydrogens (primary N) is 1. The van der Waals surface area contributed by atoms with Crippen molar-refractivity contribution < 1.29 is 13.9 Å². The van der Waals surface area contributed by atoms with Crippen molar-refractivity contribution in [1.29, 1.82) is 0 Å². The maximum absolute atomic E-state index is 14.5. The van der Waals surface area contributed by atoms with Crippen LogP contribution in [0.1, 0.15) is 59.5 Å². The van der Waals surface area contributed by atoms with Crippen LogP contribution in [0.25, 0.3) is 22.5 Å². The van der Waals surface area contributed by atoms with Gasteiger partial charge in [-0.1, -0.05) is 0 Å². The minimum absolute atomic E-state index is 0.0550. The Bertz CT molecular complexity index is 1620. The molecule has 3 aromatic heterocycles. The molecule has 0 spiro atoms. The summed E-state index contributed by atoms with van der Waals surface area (Å²) in [6.07, 6.45) is 6.89. The smallest absolute Gasteiger partial charge is 0.274 e. The lowest BCUT2D eigenvalue weighted by Crippen LogP contribution is -2.42. The number of ether oxygens (including phenoxy) is 1. The topological polar surface area (TPSA) is 104 Å². The van der Waals surface area contributed by atoms with Crippen LogP contribution in [0.5, 0.6) is 5.75 Å². The molecule has 9 nitrogen and oxygen atoms in total. The molecule has 1 atom stereocenters. The third-order valence-electron chi connectivity index (χ3n) is 7.96. The second-order valence-corrected chi connectivity index (χ2v) is 10.9. The van der Waals surface area contributed by atoms with Crippen LogP contribution in [-0.2, 0) is 20.0 Å². The second kappa shape index (κ2) is 8.93. The SMILES string of the molecule is C[C@H]1Oc2cc(cnc2N)-c2c(c(C(=O)N3CCC3)nn2CC2CC2)Cc2cn(C)nc2-c2ccc(F)cc21. The number of anilines is 1. The molecule has 200 valence electrons. The summed E-state index contributed by atoms with van der Waals surface area (Å²) in [5, 5.41) is 9.73. The van der Waals surface area contributed by atoms with E-state index in [1.807, 2.05) is 35.8 Å². The van der Waals surface area contributed by atoms with Crippen molar-refractivity contribution in [2.75, 3.05) is 18.8 Å². The van der Waals surface area contributed by atoms with Crippen molar-refractivity contribution in [1.82, 2.24) is 29.4 Å². The number of carbonyl (C=O) groups excluding carboxylic acids is 1. The minimum atomic E-state index is -0.524. The number of likely N-dealkylation sites (tertiary alicyclic amines) is 1. The molecular weight excluding hydrogens is 497 g/mol. The summed E-state index contributed by atoms with van der Waals surface area (Å²) in [6.45, 7) is 4.07. The molecule has 7 rings (SSSR count). The van der Waals surface area contributed by atoms with Crippen molar-refractivity contribution in [2.45, 2.75) is 45.3 Å². The van der Waals surface area contributed by atoms with E-state index in [0.717, 1.165) is 72.5 Å². The Morgan fingerprint density at radius 3 is 2.77 bits per heavy atom. The van der Waals surface area contributed by atoms with E-state index in [0.29, 0.717) is 29.3 Å². The van der Waals surface area contributed by atoms with Crippen LogP contribution >= 0.6 is 0 Å². The van der Waals surface area contributed by atoms with Crippen molar-refractivity contribution in [3.8, 4) is 28.3 Å². The largest absolute Gasteiger partial charge is 0.482 e. The molecule has 2 aliphatic heterocycles. The first kappa shape index (κ1) is 23.9. The lowest BCUT2D eigenvalue weighted by molar-refractivity contribution is 0.0643. The van der Waals surface area contributed by atoms with Gasteiger partial charge in [-0.05, 0) is 56.4 Å². The number of halogens is 1. The number of hydrogen-bond donors (Lipinski definition) is 1. The van der Waals surface area contributed by atoms with E-state index in [2.05, 4.69) is 4.98 Å². The van der Waals surface area contributed by atoms with Gasteiger partial charge >= 0.3 is 0 Å². The summed E-state index contributed by atoms with van der Waals surface area (Å²) in [5.41, 5.74) is 12.3. The first-order chi connectivity index (χ1) is 18.9. The highest BCUT2D eigenvalue weighted by atomic mass is 19.1. The van der Waals surface area contributed by atoms with Gasteiger partial charge in [0.1, 0.15) is 11.9 Å². The summed E-state index contributed by atoms with van der Waals surface area (Å²) in [7, 11) is 1.87. The Balaban J connectivity index is 1.50. The van der Waals surface area contributed by atoms with E-state index in [4.69, 9.17) is 20.7 Å². The monoisotopic (exact) mass is 527 g/mol. The first-order valence-corrected chi connectivity index (χ1v) is 13.5. The third kappa shape index (κ3) is 4.14. The molecule has 1 aromatic carbocycles. The number of nitrogen functional groups attached to an aromatic ring is 1. The Morgan fingerprint density at radius 1 is 1.21 bits per heavy atom. The Hall–Kier alpha value is -4.21. The number of aryl methyl sites for hydroxylation is 1. The molecule has 2 bridgehead atoms. The van der Waals surface area contributed by atoms with Crippen LogP contribution < -0.4 is 10.5 Å². The molecule has 0 radical (unpaired) electrons. The normalized spacial score (nSPS) is 18.1. The number of pyridine rings is 1. The van der Waals surface area contributed by atoms with Crippen molar-refractivity contribution in [2.24, 2.45) is 13.0 Å². The Labute approximate surface area is 225 Å². The second-order valence-electron chi connectivity index (χ2n) is 10.9. The number of benzene rings is 1. The van der Waals surface area contributed by atoms with Crippen LogP contribution in [0.3, 0.4) is 0 Å². The van der Waals surface area contributed by atoms with Crippen LogP contribution in [0.4, 0.5) is 10.2 Å². The molecule has 10 heteroatoms. The predicted octanol–water partition coefficient (Wildman–Crippen LogP) is 4.37. The molecule has 0 unspecified atom stereocenters. The first-order valence-electron chi connectivity index (χ1n) is 13.5. The molecule has 5 heterocycles. The van der Waals surface area contributed by atoms with Gasteiger partial charge in [-0.2, -0.15) is 10.2 Å². The Kier molecular flexibility index (Phi) is 5.47. The fourth-order valence-corrected chi connectivity index (χ4v) is 5.61. The van der Waals surface area contributed by atoms with Crippen molar-refractivity contribution in [3.05, 3.63) is 64.9 Å². The molecule has 2 fully saturated rings. The van der Waals surface area contributed by atoms with Gasteiger partial charge in [-0.25, -0.2) is 9.37 Å². The average Bonchev–Trinajstić information content (AvgIpc) is 3.51. The number of aromatic nitrogens is 5. The van der Waals surface area contributed by atoms with E-state index in [1.165, 1.54) is 12.1 Å². The molecule has 3 aliphatic rings. The van der Waals surface area contributed by atoms with Crippen LogP contribution in [-0.4, -0.2) is 48.4 Å². The molecular formula is C29H30FN7O2. The predicted molar refractivity (Wildman–Crippen MR) is 144 cm³/mol. The van der Waals surface area contributed by atoms with Crippen LogP contribution in [0.15, 0.2) is 36.7 Å². The van der Waals surface area contributed by atoms with Gasteiger partial charge in [0, 0.05) is 73.3 Å². The third-order valence-corrected chi connectivity index (χ3v) is 7.96. The lowest BCUT2D eigenvalue weighted by atomic mass is 9.93.